The van der Waals surface area contributed by atoms with Crippen molar-refractivity contribution in [3.63, 3.8) is 0 Å². The number of amidine groups is 1. The molecule has 2 aliphatic rings. The molecule has 0 aromatic carbocycles. The summed E-state index contributed by atoms with van der Waals surface area (Å²) in [7, 11) is 0. The van der Waals surface area contributed by atoms with E-state index < -0.39 is 0 Å². The van der Waals surface area contributed by atoms with Crippen LogP contribution in [0.25, 0.3) is 0 Å². The maximum Gasteiger partial charge on any atom is 0.318 e. The molecule has 18 heavy (non-hydrogen) atoms. The lowest BCUT2D eigenvalue weighted by Gasteiger charge is -2.28. The Morgan fingerprint density at radius 2 is 1.94 bits per heavy atom. The highest BCUT2D eigenvalue weighted by Gasteiger charge is 2.32. The van der Waals surface area contributed by atoms with E-state index >= 15 is 0 Å². The molecule has 1 unspecified atom stereocenters. The highest BCUT2D eigenvalue weighted by Crippen LogP contribution is 2.20. The molecule has 1 saturated heterocycles. The summed E-state index contributed by atoms with van der Waals surface area (Å²) in [5, 5.41) is 14.8. The quantitative estimate of drug-likeness (QED) is 0.300. The fourth-order valence-electron chi connectivity index (χ4n) is 2.89. The van der Waals surface area contributed by atoms with Crippen molar-refractivity contribution in [2.75, 3.05) is 6.54 Å². The number of hydrogen-bond donors (Lipinski definition) is 3. The van der Waals surface area contributed by atoms with Crippen LogP contribution in [0.1, 0.15) is 44.9 Å². The van der Waals surface area contributed by atoms with Gasteiger partial charge in [0.1, 0.15) is 0 Å². The summed E-state index contributed by atoms with van der Waals surface area (Å²) in [6.07, 6.45) is 7.45. The van der Waals surface area contributed by atoms with Crippen LogP contribution in [0, 0.1) is 0 Å². The predicted octanol–water partition coefficient (Wildman–Crippen LogP) is 1.24. The summed E-state index contributed by atoms with van der Waals surface area (Å²) in [5.41, 5.74) is 5.62. The van der Waals surface area contributed by atoms with Gasteiger partial charge >= 0.3 is 6.03 Å². The molecule has 6 nitrogen and oxygen atoms in total. The number of nitrogens with zero attached hydrogens (tertiary/aromatic N) is 2. The monoisotopic (exact) mass is 254 g/mol. The molecule has 2 rings (SSSR count). The van der Waals surface area contributed by atoms with Crippen LogP contribution in [-0.2, 0) is 0 Å². The van der Waals surface area contributed by atoms with Crippen LogP contribution < -0.4 is 11.1 Å². The number of likely N-dealkylation sites (tertiary alicyclic amines) is 1. The highest BCUT2D eigenvalue weighted by molar-refractivity contribution is 5.90. The van der Waals surface area contributed by atoms with Crippen molar-refractivity contribution in [3.05, 3.63) is 0 Å². The molecule has 2 amide bonds. The first kappa shape index (κ1) is 13.0. The van der Waals surface area contributed by atoms with Crippen molar-refractivity contribution < 1.29 is 10.0 Å². The number of urea groups is 1. The first-order valence-electron chi connectivity index (χ1n) is 6.77. The summed E-state index contributed by atoms with van der Waals surface area (Å²) < 4.78 is 0. The van der Waals surface area contributed by atoms with Crippen molar-refractivity contribution in [1.82, 2.24) is 10.2 Å². The molecule has 6 heteroatoms. The molecule has 1 heterocycles. The maximum absolute atomic E-state index is 12.2. The fourth-order valence-corrected chi connectivity index (χ4v) is 2.89. The second kappa shape index (κ2) is 5.93. The molecule has 2 fully saturated rings. The third-order valence-electron chi connectivity index (χ3n) is 3.90. The largest absolute Gasteiger partial charge is 0.409 e. The second-order valence-electron chi connectivity index (χ2n) is 5.16. The third-order valence-corrected chi connectivity index (χ3v) is 3.90. The highest BCUT2D eigenvalue weighted by atomic mass is 16.4. The number of rotatable bonds is 2. The van der Waals surface area contributed by atoms with E-state index in [9.17, 15) is 4.79 Å². The first-order valence-corrected chi connectivity index (χ1v) is 6.77. The minimum atomic E-state index is -0.251. The standard InChI is InChI=1S/C12H22N4O2/c13-11(15-18)10-7-4-8-16(10)12(17)14-9-5-2-1-3-6-9/h9-10,18H,1-8H2,(H2,13,15)(H,14,17). The smallest absolute Gasteiger partial charge is 0.318 e. The Hall–Kier alpha value is -1.46. The van der Waals surface area contributed by atoms with E-state index in [4.69, 9.17) is 10.9 Å². The lowest BCUT2D eigenvalue weighted by Crippen LogP contribution is -2.51. The van der Waals surface area contributed by atoms with Crippen LogP contribution in [-0.4, -0.2) is 40.6 Å². The number of oxime groups is 1. The van der Waals surface area contributed by atoms with Gasteiger partial charge in [-0.25, -0.2) is 4.79 Å². The normalized spacial score (nSPS) is 26.3. The zero-order valence-corrected chi connectivity index (χ0v) is 10.6. The van der Waals surface area contributed by atoms with Gasteiger partial charge in [-0.05, 0) is 25.7 Å². The number of nitrogens with two attached hydrogens (primary N) is 1. The molecule has 0 bridgehead atoms. The van der Waals surface area contributed by atoms with E-state index in [2.05, 4.69) is 10.5 Å². The Labute approximate surface area is 107 Å². The maximum atomic E-state index is 12.2. The molecule has 1 atom stereocenters. The number of amides is 2. The summed E-state index contributed by atoms with van der Waals surface area (Å²) in [6, 6.07) is -0.0330. The van der Waals surface area contributed by atoms with Crippen molar-refractivity contribution >= 4 is 11.9 Å². The molecule has 1 saturated carbocycles. The van der Waals surface area contributed by atoms with E-state index in [-0.39, 0.29) is 17.9 Å². The summed E-state index contributed by atoms with van der Waals surface area (Å²) in [5.74, 6) is 0.131. The zero-order valence-electron chi connectivity index (χ0n) is 10.6. The average Bonchev–Trinajstić information content (AvgIpc) is 2.88. The minimum absolute atomic E-state index is 0.0731. The Morgan fingerprint density at radius 1 is 1.22 bits per heavy atom. The topological polar surface area (TPSA) is 91.0 Å². The lowest BCUT2D eigenvalue weighted by atomic mass is 9.96. The Balaban J connectivity index is 1.91. The second-order valence-corrected chi connectivity index (χ2v) is 5.16. The van der Waals surface area contributed by atoms with Gasteiger partial charge in [0.2, 0.25) is 0 Å². The molecular weight excluding hydrogens is 232 g/mol. The van der Waals surface area contributed by atoms with Crippen LogP contribution >= 0.6 is 0 Å². The number of carbonyl (C=O) groups is 1. The Bertz CT molecular complexity index is 326. The SMILES string of the molecule is NC(=NO)C1CCCN1C(=O)NC1CCCCC1. The molecular formula is C12H22N4O2. The average molecular weight is 254 g/mol. The molecule has 0 aromatic rings. The lowest BCUT2D eigenvalue weighted by molar-refractivity contribution is 0.193. The predicted molar refractivity (Wildman–Crippen MR) is 68.5 cm³/mol. The van der Waals surface area contributed by atoms with Gasteiger partial charge in [0.25, 0.3) is 0 Å². The summed E-state index contributed by atoms with van der Waals surface area (Å²) in [6.45, 7) is 0.680. The van der Waals surface area contributed by atoms with Crippen molar-refractivity contribution in [2.24, 2.45) is 10.9 Å². The van der Waals surface area contributed by atoms with Gasteiger partial charge in [0.15, 0.2) is 5.84 Å². The van der Waals surface area contributed by atoms with Gasteiger partial charge < -0.3 is 21.2 Å². The van der Waals surface area contributed by atoms with Crippen LogP contribution in [0.3, 0.4) is 0 Å². The van der Waals surface area contributed by atoms with Crippen LogP contribution in [0.5, 0.6) is 0 Å². The molecule has 0 spiro atoms. The van der Waals surface area contributed by atoms with Crippen molar-refractivity contribution in [1.29, 1.82) is 0 Å². The van der Waals surface area contributed by atoms with Crippen molar-refractivity contribution in [2.45, 2.75) is 57.0 Å². The molecule has 4 N–H and O–H groups in total. The van der Waals surface area contributed by atoms with Gasteiger partial charge in [0, 0.05) is 12.6 Å². The molecule has 1 aliphatic heterocycles. The first-order chi connectivity index (χ1) is 8.72. The van der Waals surface area contributed by atoms with Gasteiger partial charge in [0.05, 0.1) is 6.04 Å². The number of hydrogen-bond acceptors (Lipinski definition) is 3. The number of nitrogens with one attached hydrogen (secondary N) is 1. The van der Waals surface area contributed by atoms with Gasteiger partial charge in [-0.15, -0.1) is 0 Å². The Morgan fingerprint density at radius 3 is 2.61 bits per heavy atom. The molecule has 102 valence electrons. The molecule has 0 radical (unpaired) electrons. The van der Waals surface area contributed by atoms with E-state index in [0.717, 1.165) is 25.7 Å². The van der Waals surface area contributed by atoms with Crippen LogP contribution in [0.15, 0.2) is 5.16 Å². The van der Waals surface area contributed by atoms with Crippen molar-refractivity contribution in [3.8, 4) is 0 Å². The van der Waals surface area contributed by atoms with E-state index in [0.29, 0.717) is 12.6 Å². The molecule has 0 aromatic heterocycles. The zero-order chi connectivity index (χ0) is 13.0. The summed E-state index contributed by atoms with van der Waals surface area (Å²) in [4.78, 5) is 13.9. The van der Waals surface area contributed by atoms with Gasteiger partial charge in [-0.3, -0.25) is 0 Å². The fraction of sp³-hybridized carbons (Fsp3) is 0.833. The summed E-state index contributed by atoms with van der Waals surface area (Å²) >= 11 is 0. The van der Waals surface area contributed by atoms with E-state index in [1.54, 1.807) is 4.90 Å². The number of carbonyl (C=O) groups excluding carboxylic acids is 1. The van der Waals surface area contributed by atoms with Crippen LogP contribution in [0.2, 0.25) is 0 Å². The van der Waals surface area contributed by atoms with Gasteiger partial charge in [-0.1, -0.05) is 24.4 Å². The van der Waals surface area contributed by atoms with Gasteiger partial charge in [-0.2, -0.15) is 0 Å². The van der Waals surface area contributed by atoms with E-state index in [1.807, 2.05) is 0 Å². The minimum Gasteiger partial charge on any atom is -0.409 e. The molecule has 1 aliphatic carbocycles. The Kier molecular flexibility index (Phi) is 4.28. The third kappa shape index (κ3) is 2.86. The van der Waals surface area contributed by atoms with Crippen LogP contribution in [0.4, 0.5) is 4.79 Å². The van der Waals surface area contributed by atoms with E-state index in [1.165, 1.54) is 19.3 Å².